The minimum atomic E-state index is -5.08. The van der Waals surface area contributed by atoms with Crippen LogP contribution in [0, 0.1) is 6.92 Å². The Bertz CT molecular complexity index is 1320. The third-order valence-electron chi connectivity index (χ3n) is 4.57. The first-order valence-corrected chi connectivity index (χ1v) is 10.6. The molecule has 0 atom stereocenters. The van der Waals surface area contributed by atoms with Crippen molar-refractivity contribution in [1.29, 1.82) is 0 Å². The summed E-state index contributed by atoms with van der Waals surface area (Å²) < 4.78 is 97.4. The van der Waals surface area contributed by atoms with E-state index in [2.05, 4.69) is 10.1 Å². The standard InChI is InChI=1S/C18H16F5N5OS.C2HF3O2/c1-10-4-13(11-2-3-15(25-6-11)18(21,22)23)30-14(10)8-27-9-26-28(17(27)29)7-12(5-24)16(19)20;3-2(4,5)1(6)7/h2-4,6,9H,5,7-8,24H2,1H3;(H,6,7). The lowest BCUT2D eigenvalue weighted by Crippen LogP contribution is -2.27. The molecule has 0 aliphatic heterocycles. The van der Waals surface area contributed by atoms with E-state index in [1.807, 2.05) is 0 Å². The number of nitrogens with zero attached hydrogens (tertiary/aromatic N) is 4. The molecule has 0 fully saturated rings. The zero-order valence-electron chi connectivity index (χ0n) is 18.6. The van der Waals surface area contributed by atoms with E-state index in [1.54, 1.807) is 13.0 Å². The Morgan fingerprint density at radius 3 is 2.24 bits per heavy atom. The molecule has 8 nitrogen and oxygen atoms in total. The van der Waals surface area contributed by atoms with Gasteiger partial charge in [0.2, 0.25) is 0 Å². The molecule has 17 heteroatoms. The number of carboxylic acid groups (broad SMARTS) is 1. The molecular formula is C20H17F8N5O3S. The SMILES string of the molecule is Cc1cc(-c2ccc(C(F)(F)F)nc2)sc1Cn1cnn(CC(CN)=C(F)F)c1=O.O=C(O)C(F)(F)F. The van der Waals surface area contributed by atoms with Gasteiger partial charge in [-0.15, -0.1) is 11.3 Å². The van der Waals surface area contributed by atoms with Gasteiger partial charge in [-0.25, -0.2) is 14.3 Å². The van der Waals surface area contributed by atoms with Crippen LogP contribution in [-0.4, -0.2) is 43.1 Å². The molecule has 0 saturated heterocycles. The number of carbonyl (C=O) groups is 1. The van der Waals surface area contributed by atoms with E-state index >= 15 is 0 Å². The van der Waals surface area contributed by atoms with Crippen LogP contribution in [0.25, 0.3) is 10.4 Å². The Hall–Kier alpha value is -3.60. The Morgan fingerprint density at radius 1 is 1.16 bits per heavy atom. The highest BCUT2D eigenvalue weighted by Crippen LogP contribution is 2.33. The van der Waals surface area contributed by atoms with Crippen LogP contribution in [0.15, 0.2) is 47.2 Å². The maximum atomic E-state index is 12.8. The number of thiophene rings is 1. The monoisotopic (exact) mass is 559 g/mol. The molecule has 3 rings (SSSR count). The van der Waals surface area contributed by atoms with Crippen LogP contribution in [0.2, 0.25) is 0 Å². The zero-order valence-corrected chi connectivity index (χ0v) is 19.4. The largest absolute Gasteiger partial charge is 0.490 e. The van der Waals surface area contributed by atoms with Gasteiger partial charge in [0.1, 0.15) is 12.0 Å². The van der Waals surface area contributed by atoms with Gasteiger partial charge in [-0.1, -0.05) is 0 Å². The number of carboxylic acids is 1. The predicted molar refractivity (Wildman–Crippen MR) is 115 cm³/mol. The highest BCUT2D eigenvalue weighted by molar-refractivity contribution is 7.15. The van der Waals surface area contributed by atoms with Crippen molar-refractivity contribution in [2.24, 2.45) is 5.73 Å². The van der Waals surface area contributed by atoms with Crippen molar-refractivity contribution in [3.05, 3.63) is 69.0 Å². The molecule has 3 N–H and O–H groups in total. The van der Waals surface area contributed by atoms with Crippen molar-refractivity contribution in [3.8, 4) is 10.4 Å². The molecule has 0 radical (unpaired) electrons. The topological polar surface area (TPSA) is 116 Å². The van der Waals surface area contributed by atoms with Crippen LogP contribution >= 0.6 is 11.3 Å². The molecule has 0 bridgehead atoms. The normalized spacial score (nSPS) is 11.6. The van der Waals surface area contributed by atoms with E-state index in [0.29, 0.717) is 10.4 Å². The molecule has 0 spiro atoms. The Kier molecular flexibility index (Phi) is 9.32. The molecule has 0 aliphatic rings. The number of hydrogen-bond donors (Lipinski definition) is 2. The third kappa shape index (κ3) is 7.94. The van der Waals surface area contributed by atoms with E-state index in [0.717, 1.165) is 27.4 Å². The zero-order chi connectivity index (χ0) is 28.1. The molecule has 3 aromatic heterocycles. The fourth-order valence-electron chi connectivity index (χ4n) is 2.65. The minimum Gasteiger partial charge on any atom is -0.475 e. The number of halogens is 8. The fourth-order valence-corrected chi connectivity index (χ4v) is 3.82. The number of alkyl halides is 6. The first kappa shape index (κ1) is 29.6. The Labute approximate surface area is 206 Å². The lowest BCUT2D eigenvalue weighted by molar-refractivity contribution is -0.192. The van der Waals surface area contributed by atoms with Crippen molar-refractivity contribution in [3.63, 3.8) is 0 Å². The van der Waals surface area contributed by atoms with Crippen LogP contribution in [0.4, 0.5) is 35.1 Å². The van der Waals surface area contributed by atoms with Gasteiger partial charge >= 0.3 is 24.0 Å². The molecule has 0 aliphatic carbocycles. The van der Waals surface area contributed by atoms with Gasteiger partial charge in [0.05, 0.1) is 13.1 Å². The van der Waals surface area contributed by atoms with E-state index in [9.17, 15) is 39.9 Å². The molecule has 3 heterocycles. The Balaban J connectivity index is 0.000000604. The lowest BCUT2D eigenvalue weighted by Gasteiger charge is -2.05. The highest BCUT2D eigenvalue weighted by atomic mass is 32.1. The second-order valence-corrected chi connectivity index (χ2v) is 8.35. The number of nitrogens with two attached hydrogens (primary N) is 1. The summed E-state index contributed by atoms with van der Waals surface area (Å²) in [6.07, 6.45) is -9.15. The molecule has 37 heavy (non-hydrogen) atoms. The van der Waals surface area contributed by atoms with Crippen molar-refractivity contribution in [2.45, 2.75) is 32.4 Å². The maximum Gasteiger partial charge on any atom is 0.490 e. The summed E-state index contributed by atoms with van der Waals surface area (Å²) in [4.78, 5) is 26.2. The summed E-state index contributed by atoms with van der Waals surface area (Å²) in [5.41, 5.74) is 4.66. The number of aromatic nitrogens is 4. The Morgan fingerprint density at radius 2 is 1.78 bits per heavy atom. The summed E-state index contributed by atoms with van der Waals surface area (Å²) in [5.74, 6) is -2.76. The number of hydrogen-bond acceptors (Lipinski definition) is 6. The second-order valence-electron chi connectivity index (χ2n) is 7.22. The van der Waals surface area contributed by atoms with Gasteiger partial charge in [-0.2, -0.15) is 40.2 Å². The van der Waals surface area contributed by atoms with Crippen LogP contribution in [0.5, 0.6) is 0 Å². The average Bonchev–Trinajstić information content (AvgIpc) is 3.33. The summed E-state index contributed by atoms with van der Waals surface area (Å²) >= 11 is 1.29. The van der Waals surface area contributed by atoms with Gasteiger partial charge in [0.25, 0.3) is 6.08 Å². The van der Waals surface area contributed by atoms with E-state index < -0.39 is 48.9 Å². The summed E-state index contributed by atoms with van der Waals surface area (Å²) in [6.45, 7) is 1.14. The van der Waals surface area contributed by atoms with E-state index in [1.165, 1.54) is 28.3 Å². The van der Waals surface area contributed by atoms with E-state index in [-0.39, 0.29) is 12.1 Å². The van der Waals surface area contributed by atoms with Crippen molar-refractivity contribution >= 4 is 17.3 Å². The summed E-state index contributed by atoms with van der Waals surface area (Å²) in [6, 6.07) is 4.03. The van der Waals surface area contributed by atoms with Crippen LogP contribution in [0.1, 0.15) is 16.1 Å². The summed E-state index contributed by atoms with van der Waals surface area (Å²) in [5, 5.41) is 11.0. The molecule has 0 aromatic carbocycles. The molecule has 3 aromatic rings. The van der Waals surface area contributed by atoms with Gasteiger partial charge in [0, 0.05) is 33.6 Å². The molecule has 202 valence electrons. The van der Waals surface area contributed by atoms with Gasteiger partial charge < -0.3 is 10.8 Å². The van der Waals surface area contributed by atoms with Crippen molar-refractivity contribution < 1.29 is 45.0 Å². The van der Waals surface area contributed by atoms with Crippen LogP contribution in [-0.2, 0) is 24.1 Å². The number of aliphatic carboxylic acids is 1. The average molecular weight is 559 g/mol. The van der Waals surface area contributed by atoms with E-state index in [4.69, 9.17) is 15.6 Å². The molecular weight excluding hydrogens is 542 g/mol. The first-order chi connectivity index (χ1) is 17.0. The summed E-state index contributed by atoms with van der Waals surface area (Å²) in [7, 11) is 0. The fraction of sp³-hybridized carbons (Fsp3) is 0.300. The van der Waals surface area contributed by atoms with Crippen LogP contribution < -0.4 is 11.4 Å². The second kappa shape index (κ2) is 11.6. The molecule has 0 amide bonds. The first-order valence-electron chi connectivity index (χ1n) is 9.83. The van der Waals surface area contributed by atoms with Gasteiger partial charge in [0.15, 0.2) is 0 Å². The predicted octanol–water partition coefficient (Wildman–Crippen LogP) is 4.29. The smallest absolute Gasteiger partial charge is 0.475 e. The van der Waals surface area contributed by atoms with Gasteiger partial charge in [-0.05, 0) is 30.7 Å². The number of pyridine rings is 1. The number of aryl methyl sites for hydroxylation is 1. The maximum absolute atomic E-state index is 12.8. The van der Waals surface area contributed by atoms with Crippen molar-refractivity contribution in [2.75, 3.05) is 6.54 Å². The number of rotatable bonds is 6. The lowest BCUT2D eigenvalue weighted by atomic mass is 10.2. The molecule has 0 unspecified atom stereocenters. The van der Waals surface area contributed by atoms with Gasteiger partial charge in [-0.3, -0.25) is 9.55 Å². The minimum absolute atomic E-state index is 0.142. The molecule has 0 saturated carbocycles. The highest BCUT2D eigenvalue weighted by Gasteiger charge is 2.38. The van der Waals surface area contributed by atoms with Crippen molar-refractivity contribution in [1.82, 2.24) is 19.3 Å². The van der Waals surface area contributed by atoms with Crippen LogP contribution in [0.3, 0.4) is 0 Å². The third-order valence-corrected chi connectivity index (χ3v) is 5.84. The quantitative estimate of drug-likeness (QED) is 0.436.